The first-order valence-corrected chi connectivity index (χ1v) is 10.9. The average Bonchev–Trinajstić information content (AvgIpc) is 2.58. The van der Waals surface area contributed by atoms with Crippen LogP contribution in [-0.4, -0.2) is 6.04 Å². The Bertz CT molecular complexity index is 275. The summed E-state index contributed by atoms with van der Waals surface area (Å²) in [5, 5.41) is 0. The third kappa shape index (κ3) is 17.2. The van der Waals surface area contributed by atoms with Crippen molar-refractivity contribution in [1.29, 1.82) is 0 Å². The summed E-state index contributed by atoms with van der Waals surface area (Å²) in [4.78, 5) is 0. The average molecular weight is 374 g/mol. The monoisotopic (exact) mass is 373 g/mol. The van der Waals surface area contributed by atoms with E-state index in [1.807, 2.05) is 6.08 Å². The van der Waals surface area contributed by atoms with Gasteiger partial charge in [-0.1, -0.05) is 123 Å². The summed E-state index contributed by atoms with van der Waals surface area (Å²) in [7, 11) is 0. The molecule has 0 bridgehead atoms. The third-order valence-electron chi connectivity index (χ3n) is 5.60. The van der Waals surface area contributed by atoms with Crippen LogP contribution >= 0.6 is 12.4 Å². The van der Waals surface area contributed by atoms with E-state index >= 15 is 0 Å². The molecule has 0 fully saturated rings. The molecule has 0 saturated heterocycles. The molecule has 25 heavy (non-hydrogen) atoms. The van der Waals surface area contributed by atoms with Gasteiger partial charge in [-0.2, -0.15) is 0 Å². The molecule has 1 nitrogen and oxygen atoms in total. The first-order chi connectivity index (χ1) is 11.5. The highest BCUT2D eigenvalue weighted by Crippen LogP contribution is 2.24. The standard InChI is InChI=1S/C23H47N.ClH/c1-5-7-8-9-10-11-12-13-14-15-16-17-18-19-20-21-22(24)23(3,4)6-2;/h6,22H,2,5,7-21,24H2,1,3-4H3;1H. The van der Waals surface area contributed by atoms with Crippen molar-refractivity contribution in [1.82, 2.24) is 0 Å². The van der Waals surface area contributed by atoms with E-state index in [2.05, 4.69) is 27.4 Å². The molecule has 0 aliphatic heterocycles. The van der Waals surface area contributed by atoms with Crippen molar-refractivity contribution < 1.29 is 0 Å². The normalized spacial score (nSPS) is 12.6. The molecule has 1 unspecified atom stereocenters. The highest BCUT2D eigenvalue weighted by atomic mass is 35.5. The Hall–Kier alpha value is -0.0100. The predicted molar refractivity (Wildman–Crippen MR) is 119 cm³/mol. The molecule has 0 aliphatic carbocycles. The maximum atomic E-state index is 6.24. The van der Waals surface area contributed by atoms with Crippen molar-refractivity contribution in [2.24, 2.45) is 11.1 Å². The number of hydrogen-bond acceptors (Lipinski definition) is 1. The van der Waals surface area contributed by atoms with Crippen LogP contribution in [0.25, 0.3) is 0 Å². The van der Waals surface area contributed by atoms with E-state index in [0.717, 1.165) is 6.42 Å². The second-order valence-electron chi connectivity index (χ2n) is 8.37. The second-order valence-corrected chi connectivity index (χ2v) is 8.37. The van der Waals surface area contributed by atoms with Crippen LogP contribution in [0.5, 0.6) is 0 Å². The summed E-state index contributed by atoms with van der Waals surface area (Å²) in [6.45, 7) is 10.6. The molecule has 152 valence electrons. The third-order valence-corrected chi connectivity index (χ3v) is 5.60. The fraction of sp³-hybridized carbons (Fsp3) is 0.913. The Morgan fingerprint density at radius 2 is 1.04 bits per heavy atom. The van der Waals surface area contributed by atoms with Crippen molar-refractivity contribution in [2.75, 3.05) is 0 Å². The minimum atomic E-state index is 0. The number of nitrogens with two attached hydrogens (primary N) is 1. The second kappa shape index (κ2) is 18.8. The topological polar surface area (TPSA) is 26.0 Å². The summed E-state index contributed by atoms with van der Waals surface area (Å²) in [6, 6.07) is 0.261. The van der Waals surface area contributed by atoms with Crippen LogP contribution in [0.1, 0.15) is 124 Å². The lowest BCUT2D eigenvalue weighted by Crippen LogP contribution is -2.35. The van der Waals surface area contributed by atoms with E-state index in [1.54, 1.807) is 0 Å². The Kier molecular flexibility index (Phi) is 20.4. The predicted octanol–water partition coefficient (Wildman–Crippen LogP) is 8.21. The molecule has 0 rings (SSSR count). The number of rotatable bonds is 18. The highest BCUT2D eigenvalue weighted by Gasteiger charge is 2.21. The van der Waals surface area contributed by atoms with Gasteiger partial charge in [-0.15, -0.1) is 19.0 Å². The van der Waals surface area contributed by atoms with Crippen LogP contribution in [0, 0.1) is 5.41 Å². The molecule has 0 amide bonds. The van der Waals surface area contributed by atoms with E-state index in [4.69, 9.17) is 5.73 Å². The number of unbranched alkanes of at least 4 members (excludes halogenated alkanes) is 14. The molecule has 1 atom stereocenters. The molecule has 0 aromatic rings. The van der Waals surface area contributed by atoms with Gasteiger partial charge in [-0.25, -0.2) is 0 Å². The Morgan fingerprint density at radius 1 is 0.720 bits per heavy atom. The molecule has 2 heteroatoms. The molecule has 0 aromatic heterocycles. The maximum absolute atomic E-state index is 6.24. The maximum Gasteiger partial charge on any atom is 0.0125 e. The summed E-state index contributed by atoms with van der Waals surface area (Å²) in [6.07, 6.45) is 24.4. The first-order valence-electron chi connectivity index (χ1n) is 10.9. The smallest absolute Gasteiger partial charge is 0.0125 e. The summed E-state index contributed by atoms with van der Waals surface area (Å²) in [5.74, 6) is 0. The van der Waals surface area contributed by atoms with Gasteiger partial charge in [0.2, 0.25) is 0 Å². The summed E-state index contributed by atoms with van der Waals surface area (Å²) in [5.41, 5.74) is 6.32. The van der Waals surface area contributed by atoms with Crippen LogP contribution in [-0.2, 0) is 0 Å². The van der Waals surface area contributed by atoms with Gasteiger partial charge in [0.25, 0.3) is 0 Å². The van der Waals surface area contributed by atoms with E-state index in [0.29, 0.717) is 0 Å². The lowest BCUT2D eigenvalue weighted by Gasteiger charge is -2.28. The SMILES string of the molecule is C=CC(C)(C)C(N)CCCCCCCCCCCCCCCCC.Cl. The molecule has 0 saturated carbocycles. The molecule has 0 heterocycles. The first kappa shape index (κ1) is 27.2. The lowest BCUT2D eigenvalue weighted by molar-refractivity contribution is 0.343. The Morgan fingerprint density at radius 3 is 1.36 bits per heavy atom. The van der Waals surface area contributed by atoms with E-state index in [-0.39, 0.29) is 23.9 Å². The van der Waals surface area contributed by atoms with Gasteiger partial charge in [-0.05, 0) is 11.8 Å². The highest BCUT2D eigenvalue weighted by molar-refractivity contribution is 5.85. The van der Waals surface area contributed by atoms with Crippen molar-refractivity contribution >= 4 is 12.4 Å². The van der Waals surface area contributed by atoms with E-state index in [9.17, 15) is 0 Å². The van der Waals surface area contributed by atoms with Crippen LogP contribution in [0.15, 0.2) is 12.7 Å². The zero-order valence-corrected chi connectivity index (χ0v) is 18.5. The van der Waals surface area contributed by atoms with Gasteiger partial charge in [0.05, 0.1) is 0 Å². The molecule has 0 spiro atoms. The zero-order chi connectivity index (χ0) is 18.1. The largest absolute Gasteiger partial charge is 0.327 e. The van der Waals surface area contributed by atoms with Gasteiger partial charge in [0.1, 0.15) is 0 Å². The fourth-order valence-electron chi connectivity index (χ4n) is 3.26. The van der Waals surface area contributed by atoms with E-state index < -0.39 is 0 Å². The fourth-order valence-corrected chi connectivity index (χ4v) is 3.26. The minimum absolute atomic E-state index is 0. The van der Waals surface area contributed by atoms with Gasteiger partial charge >= 0.3 is 0 Å². The van der Waals surface area contributed by atoms with Gasteiger partial charge in [0.15, 0.2) is 0 Å². The van der Waals surface area contributed by atoms with Crippen molar-refractivity contribution in [3.05, 3.63) is 12.7 Å². The quantitative estimate of drug-likeness (QED) is 0.190. The number of halogens is 1. The van der Waals surface area contributed by atoms with Gasteiger partial charge < -0.3 is 5.73 Å². The van der Waals surface area contributed by atoms with Gasteiger partial charge in [-0.3, -0.25) is 0 Å². The lowest BCUT2D eigenvalue weighted by atomic mass is 9.82. The Labute approximate surface area is 166 Å². The van der Waals surface area contributed by atoms with Crippen molar-refractivity contribution in [2.45, 2.75) is 130 Å². The molecule has 0 aliphatic rings. The van der Waals surface area contributed by atoms with Crippen molar-refractivity contribution in [3.8, 4) is 0 Å². The van der Waals surface area contributed by atoms with Crippen LogP contribution < -0.4 is 5.73 Å². The number of hydrogen-bond donors (Lipinski definition) is 1. The molecular formula is C23H48ClN. The molecular weight excluding hydrogens is 326 g/mol. The zero-order valence-electron chi connectivity index (χ0n) is 17.7. The van der Waals surface area contributed by atoms with Crippen LogP contribution in [0.2, 0.25) is 0 Å². The molecule has 2 N–H and O–H groups in total. The van der Waals surface area contributed by atoms with Gasteiger partial charge in [0, 0.05) is 6.04 Å². The Balaban J connectivity index is 0. The van der Waals surface area contributed by atoms with Crippen LogP contribution in [0.4, 0.5) is 0 Å². The molecule has 0 aromatic carbocycles. The molecule has 0 radical (unpaired) electrons. The van der Waals surface area contributed by atoms with Crippen molar-refractivity contribution in [3.63, 3.8) is 0 Å². The summed E-state index contributed by atoms with van der Waals surface area (Å²) < 4.78 is 0. The van der Waals surface area contributed by atoms with Crippen LogP contribution in [0.3, 0.4) is 0 Å². The summed E-state index contributed by atoms with van der Waals surface area (Å²) >= 11 is 0. The minimum Gasteiger partial charge on any atom is -0.327 e. The van der Waals surface area contributed by atoms with E-state index in [1.165, 1.54) is 96.3 Å².